The Bertz CT molecular complexity index is 578. The van der Waals surface area contributed by atoms with Gasteiger partial charge in [-0.2, -0.15) is 0 Å². The summed E-state index contributed by atoms with van der Waals surface area (Å²) in [6, 6.07) is 5.74. The summed E-state index contributed by atoms with van der Waals surface area (Å²) in [7, 11) is -2.40. The summed E-state index contributed by atoms with van der Waals surface area (Å²) in [5, 5.41) is 0. The Morgan fingerprint density at radius 2 is 2.30 bits per heavy atom. The Labute approximate surface area is 118 Å². The molecule has 2 rings (SSSR count). The zero-order chi connectivity index (χ0) is 14.6. The van der Waals surface area contributed by atoms with Crippen molar-refractivity contribution in [2.24, 2.45) is 0 Å². The van der Waals surface area contributed by atoms with Crippen LogP contribution in [-0.2, 0) is 19.5 Å². The van der Waals surface area contributed by atoms with Gasteiger partial charge in [-0.3, -0.25) is 0 Å². The first-order chi connectivity index (χ1) is 9.53. The van der Waals surface area contributed by atoms with E-state index in [-0.39, 0.29) is 23.1 Å². The molecule has 1 saturated heterocycles. The van der Waals surface area contributed by atoms with Crippen LogP contribution in [0.25, 0.3) is 0 Å². The van der Waals surface area contributed by atoms with E-state index < -0.39 is 16.0 Å². The Hall–Kier alpha value is -1.44. The molecular formula is C13H17NO5S. The normalized spacial score (nSPS) is 18.9. The largest absolute Gasteiger partial charge is 0.465 e. The minimum absolute atomic E-state index is 0.0402. The van der Waals surface area contributed by atoms with E-state index in [1.807, 2.05) is 0 Å². The fourth-order valence-corrected chi connectivity index (χ4v) is 3.11. The number of nitrogens with one attached hydrogen (secondary N) is 1. The van der Waals surface area contributed by atoms with Crippen LogP contribution in [0.15, 0.2) is 29.2 Å². The number of sulfonamides is 1. The molecule has 0 bridgehead atoms. The van der Waals surface area contributed by atoms with Crippen molar-refractivity contribution in [3.8, 4) is 0 Å². The third kappa shape index (κ3) is 3.56. The lowest BCUT2D eigenvalue weighted by molar-refractivity contribution is 0.0600. The second-order valence-corrected chi connectivity index (χ2v) is 6.27. The molecule has 110 valence electrons. The SMILES string of the molecule is COC(=O)c1cccc(S(=O)(=O)NCC2CCCO2)c1. The highest BCUT2D eigenvalue weighted by Crippen LogP contribution is 2.14. The number of esters is 1. The van der Waals surface area contributed by atoms with Gasteiger partial charge in [-0.15, -0.1) is 0 Å². The maximum Gasteiger partial charge on any atom is 0.337 e. The van der Waals surface area contributed by atoms with Crippen LogP contribution in [0.5, 0.6) is 0 Å². The molecule has 1 aromatic rings. The number of ether oxygens (including phenoxy) is 2. The number of rotatable bonds is 5. The van der Waals surface area contributed by atoms with Crippen LogP contribution >= 0.6 is 0 Å². The molecule has 1 atom stereocenters. The van der Waals surface area contributed by atoms with Crippen molar-refractivity contribution < 1.29 is 22.7 Å². The topological polar surface area (TPSA) is 81.7 Å². The molecule has 1 aliphatic heterocycles. The molecule has 1 aromatic carbocycles. The number of methoxy groups -OCH3 is 1. The second kappa shape index (κ2) is 6.34. The smallest absolute Gasteiger partial charge is 0.337 e. The molecule has 6 nitrogen and oxygen atoms in total. The lowest BCUT2D eigenvalue weighted by Gasteiger charge is -2.11. The predicted molar refractivity (Wildman–Crippen MR) is 71.9 cm³/mol. The Morgan fingerprint density at radius 3 is 2.95 bits per heavy atom. The molecule has 0 radical (unpaired) electrons. The molecule has 1 unspecified atom stereocenters. The van der Waals surface area contributed by atoms with Gasteiger partial charge in [-0.05, 0) is 31.0 Å². The highest BCUT2D eigenvalue weighted by molar-refractivity contribution is 7.89. The van der Waals surface area contributed by atoms with E-state index in [9.17, 15) is 13.2 Å². The molecule has 0 aromatic heterocycles. The molecule has 0 spiro atoms. The quantitative estimate of drug-likeness (QED) is 0.818. The van der Waals surface area contributed by atoms with Gasteiger partial charge in [-0.25, -0.2) is 17.9 Å². The first kappa shape index (κ1) is 15.0. The van der Waals surface area contributed by atoms with Crippen molar-refractivity contribution >= 4 is 16.0 Å². The van der Waals surface area contributed by atoms with E-state index >= 15 is 0 Å². The van der Waals surface area contributed by atoms with Gasteiger partial charge in [0.2, 0.25) is 10.0 Å². The first-order valence-corrected chi connectivity index (χ1v) is 7.81. The van der Waals surface area contributed by atoms with Crippen molar-refractivity contribution in [1.29, 1.82) is 0 Å². The third-order valence-electron chi connectivity index (χ3n) is 3.09. The number of benzene rings is 1. The molecule has 0 amide bonds. The van der Waals surface area contributed by atoms with Crippen molar-refractivity contribution in [3.05, 3.63) is 29.8 Å². The minimum Gasteiger partial charge on any atom is -0.465 e. The summed E-state index contributed by atoms with van der Waals surface area (Å²) in [5.41, 5.74) is 0.201. The lowest BCUT2D eigenvalue weighted by Crippen LogP contribution is -2.31. The summed E-state index contributed by atoms with van der Waals surface area (Å²) >= 11 is 0. The number of hydrogen-bond acceptors (Lipinski definition) is 5. The monoisotopic (exact) mass is 299 g/mol. The van der Waals surface area contributed by atoms with Crippen molar-refractivity contribution in [2.75, 3.05) is 20.3 Å². The zero-order valence-electron chi connectivity index (χ0n) is 11.2. The van der Waals surface area contributed by atoms with Gasteiger partial charge in [0.25, 0.3) is 0 Å². The average molecular weight is 299 g/mol. The Kier molecular flexibility index (Phi) is 4.74. The molecule has 7 heteroatoms. The van der Waals surface area contributed by atoms with E-state index in [1.54, 1.807) is 0 Å². The third-order valence-corrected chi connectivity index (χ3v) is 4.51. The van der Waals surface area contributed by atoms with Crippen LogP contribution in [0.2, 0.25) is 0 Å². The van der Waals surface area contributed by atoms with E-state index in [0.717, 1.165) is 12.8 Å². The lowest BCUT2D eigenvalue weighted by atomic mass is 10.2. The van der Waals surface area contributed by atoms with Crippen LogP contribution in [0.3, 0.4) is 0 Å². The zero-order valence-corrected chi connectivity index (χ0v) is 12.0. The fraction of sp³-hybridized carbons (Fsp3) is 0.462. The van der Waals surface area contributed by atoms with Gasteiger partial charge in [0.1, 0.15) is 0 Å². The maximum atomic E-state index is 12.1. The minimum atomic E-state index is -3.65. The van der Waals surface area contributed by atoms with Gasteiger partial charge in [0.15, 0.2) is 0 Å². The van der Waals surface area contributed by atoms with Crippen LogP contribution in [0.1, 0.15) is 23.2 Å². The predicted octanol–water partition coefficient (Wildman–Crippen LogP) is 0.930. The van der Waals surface area contributed by atoms with Crippen LogP contribution in [0, 0.1) is 0 Å². The standard InChI is InChI=1S/C13H17NO5S/c1-18-13(15)10-4-2-6-12(8-10)20(16,17)14-9-11-5-3-7-19-11/h2,4,6,8,11,14H,3,5,7,9H2,1H3. The molecule has 20 heavy (non-hydrogen) atoms. The molecular weight excluding hydrogens is 282 g/mol. The van der Waals surface area contributed by atoms with Gasteiger partial charge in [-0.1, -0.05) is 6.07 Å². The number of carbonyl (C=O) groups is 1. The average Bonchev–Trinajstić information content (AvgIpc) is 2.98. The summed E-state index contributed by atoms with van der Waals surface area (Å²) in [5.74, 6) is -0.568. The Morgan fingerprint density at radius 1 is 1.50 bits per heavy atom. The molecule has 1 aliphatic rings. The maximum absolute atomic E-state index is 12.1. The van der Waals surface area contributed by atoms with Gasteiger partial charge < -0.3 is 9.47 Å². The Balaban J connectivity index is 2.10. The molecule has 1 heterocycles. The molecule has 0 aliphatic carbocycles. The number of hydrogen-bond donors (Lipinski definition) is 1. The van der Waals surface area contributed by atoms with Crippen molar-refractivity contribution in [1.82, 2.24) is 4.72 Å². The van der Waals surface area contributed by atoms with Crippen LogP contribution in [-0.4, -0.2) is 40.8 Å². The molecule has 0 saturated carbocycles. The number of carbonyl (C=O) groups excluding carboxylic acids is 1. The van der Waals surface area contributed by atoms with Crippen LogP contribution < -0.4 is 4.72 Å². The summed E-state index contributed by atoms with van der Waals surface area (Å²) in [6.45, 7) is 0.912. The highest BCUT2D eigenvalue weighted by Gasteiger charge is 2.21. The first-order valence-electron chi connectivity index (χ1n) is 6.32. The summed E-state index contributed by atoms with van der Waals surface area (Å²) < 4.78 is 36.7. The van der Waals surface area contributed by atoms with E-state index in [1.165, 1.54) is 31.4 Å². The van der Waals surface area contributed by atoms with E-state index in [4.69, 9.17) is 4.74 Å². The fourth-order valence-electron chi connectivity index (χ4n) is 2.00. The molecule has 1 N–H and O–H groups in total. The summed E-state index contributed by atoms with van der Waals surface area (Å²) in [6.07, 6.45) is 1.73. The highest BCUT2D eigenvalue weighted by atomic mass is 32.2. The van der Waals surface area contributed by atoms with Crippen molar-refractivity contribution in [2.45, 2.75) is 23.8 Å². The van der Waals surface area contributed by atoms with E-state index in [0.29, 0.717) is 6.61 Å². The van der Waals surface area contributed by atoms with E-state index in [2.05, 4.69) is 9.46 Å². The van der Waals surface area contributed by atoms with Crippen molar-refractivity contribution in [3.63, 3.8) is 0 Å². The van der Waals surface area contributed by atoms with Crippen LogP contribution in [0.4, 0.5) is 0 Å². The van der Waals surface area contributed by atoms with Gasteiger partial charge >= 0.3 is 5.97 Å². The second-order valence-electron chi connectivity index (χ2n) is 4.51. The summed E-state index contributed by atoms with van der Waals surface area (Å²) in [4.78, 5) is 11.4. The van der Waals surface area contributed by atoms with Gasteiger partial charge in [0.05, 0.1) is 23.7 Å². The molecule has 1 fully saturated rings. The van der Waals surface area contributed by atoms with Gasteiger partial charge in [0, 0.05) is 13.2 Å².